The summed E-state index contributed by atoms with van der Waals surface area (Å²) >= 11 is -2.88. The summed E-state index contributed by atoms with van der Waals surface area (Å²) < 4.78 is 18.3. The monoisotopic (exact) mass is 244 g/mol. The van der Waals surface area contributed by atoms with Gasteiger partial charge in [0.2, 0.25) is 0 Å². The number of hydrogen-bond acceptors (Lipinski definition) is 4. The molecule has 5 heteroatoms. The summed E-state index contributed by atoms with van der Waals surface area (Å²) in [7, 11) is 0. The van der Waals surface area contributed by atoms with E-state index in [1.165, 1.54) is 0 Å². The predicted molar refractivity (Wildman–Crippen MR) is 53.4 cm³/mol. The molecule has 0 spiro atoms. The van der Waals surface area contributed by atoms with Gasteiger partial charge in [-0.05, 0) is 27.7 Å². The normalized spacial score (nSPS) is 22.1. The van der Waals surface area contributed by atoms with Crippen LogP contribution in [-0.2, 0) is 17.4 Å². The zero-order valence-electron chi connectivity index (χ0n) is 9.73. The van der Waals surface area contributed by atoms with Crippen LogP contribution in [0.15, 0.2) is 0 Å². The third kappa shape index (κ3) is 18.4. The quantitative estimate of drug-likeness (QED) is 0.479. The van der Waals surface area contributed by atoms with Crippen molar-refractivity contribution in [1.82, 2.24) is 0 Å². The Labute approximate surface area is 90.9 Å². The van der Waals surface area contributed by atoms with Gasteiger partial charge < -0.3 is 10.2 Å². The minimum absolute atomic E-state index is 0.167. The van der Waals surface area contributed by atoms with E-state index in [4.69, 9.17) is 17.6 Å². The maximum atomic E-state index is 8.64. The van der Waals surface area contributed by atoms with E-state index >= 15 is 0 Å². The summed E-state index contributed by atoms with van der Waals surface area (Å²) in [6.45, 7) is 8.78. The van der Waals surface area contributed by atoms with Crippen LogP contribution >= 0.6 is 0 Å². The van der Waals surface area contributed by atoms with E-state index in [0.717, 1.165) is 4.73 Å². The average Bonchev–Trinajstić information content (AvgIpc) is 2.32. The van der Waals surface area contributed by atoms with E-state index < -0.39 is 17.4 Å². The Hall–Kier alpha value is 0.554. The van der Waals surface area contributed by atoms with Gasteiger partial charge in [0.1, 0.15) is 0 Å². The molecule has 1 rings (SSSR count). The average molecular weight is 244 g/mol. The van der Waals surface area contributed by atoms with Crippen LogP contribution in [0.5, 0.6) is 0 Å². The van der Waals surface area contributed by atoms with Crippen molar-refractivity contribution in [1.29, 1.82) is 0 Å². The second-order valence-corrected chi connectivity index (χ2v) is 9.09. The second kappa shape index (κ2) is 7.80. The van der Waals surface area contributed by atoms with E-state index in [-0.39, 0.29) is 12.2 Å². The number of hydrogen-bond donors (Lipinski definition) is 4. The molecule has 0 aromatic heterocycles. The van der Waals surface area contributed by atoms with Gasteiger partial charge in [0.05, 0.1) is 0 Å². The molecule has 0 aromatic rings. The zero-order chi connectivity index (χ0) is 11.9. The fourth-order valence-corrected chi connectivity index (χ4v) is 2.79. The third-order valence-corrected chi connectivity index (χ3v) is 5.10. The molecule has 4 N–H and O–H groups in total. The van der Waals surface area contributed by atoms with Crippen molar-refractivity contribution in [3.8, 4) is 0 Å². The Bertz CT molecular complexity index is 125. The zero-order valence-corrected chi connectivity index (χ0v) is 11.3. The van der Waals surface area contributed by atoms with E-state index in [1.54, 1.807) is 27.7 Å². The fraction of sp³-hybridized carbons (Fsp3) is 1.00. The summed E-state index contributed by atoms with van der Waals surface area (Å²) in [6, 6.07) is 0. The summed E-state index contributed by atoms with van der Waals surface area (Å²) in [5, 5.41) is 16.1. The number of aliphatic hydroxyl groups is 2. The first-order valence-corrected chi connectivity index (χ1v) is 8.30. The van der Waals surface area contributed by atoms with Gasteiger partial charge in [-0.2, -0.15) is 0 Å². The number of rotatable bonds is 0. The Balaban J connectivity index is 0. The van der Waals surface area contributed by atoms with Gasteiger partial charge >= 0.3 is 40.6 Å². The first kappa shape index (κ1) is 17.0. The summed E-state index contributed by atoms with van der Waals surface area (Å²) in [5.41, 5.74) is 0. The molecule has 88 valence electrons. The molecule has 1 saturated heterocycles. The first-order chi connectivity index (χ1) is 6.09. The number of aliphatic hydroxyl groups excluding tert-OH is 2. The van der Waals surface area contributed by atoms with Gasteiger partial charge in [-0.1, -0.05) is 0 Å². The Kier molecular flexibility index (Phi) is 9.45. The Morgan fingerprint density at radius 1 is 1.00 bits per heavy atom. The van der Waals surface area contributed by atoms with Gasteiger partial charge in [0.15, 0.2) is 0 Å². The molecular formula is C9H24O4Ti. The SMILES string of the molecule is CC(C)O.CC(C)O.C[CH]1[CH2][Ti]1([OH])[OH]. The van der Waals surface area contributed by atoms with Crippen LogP contribution in [0.4, 0.5) is 0 Å². The van der Waals surface area contributed by atoms with E-state index in [0.29, 0.717) is 4.22 Å². The van der Waals surface area contributed by atoms with E-state index in [9.17, 15) is 0 Å². The molecule has 14 heavy (non-hydrogen) atoms. The fourth-order valence-electron chi connectivity index (χ4n) is 0.392. The Morgan fingerprint density at radius 3 is 1.07 bits per heavy atom. The molecule has 4 nitrogen and oxygen atoms in total. The van der Waals surface area contributed by atoms with Crippen molar-refractivity contribution in [2.75, 3.05) is 0 Å². The first-order valence-electron chi connectivity index (χ1n) is 4.90. The van der Waals surface area contributed by atoms with Gasteiger partial charge in [0.25, 0.3) is 0 Å². The maximum absolute atomic E-state index is 8.64. The van der Waals surface area contributed by atoms with Crippen LogP contribution in [0.1, 0.15) is 34.6 Å². The van der Waals surface area contributed by atoms with Crippen molar-refractivity contribution in [2.45, 2.75) is 55.8 Å². The van der Waals surface area contributed by atoms with Crippen LogP contribution in [0.3, 0.4) is 0 Å². The van der Waals surface area contributed by atoms with Gasteiger partial charge in [0, 0.05) is 12.2 Å². The molecule has 0 radical (unpaired) electrons. The molecule has 0 aromatic carbocycles. The molecule has 1 aliphatic heterocycles. The third-order valence-electron chi connectivity index (χ3n) is 1.24. The predicted octanol–water partition coefficient (Wildman–Crippen LogP) is 0.969. The van der Waals surface area contributed by atoms with Crippen LogP contribution < -0.4 is 0 Å². The molecule has 0 amide bonds. The van der Waals surface area contributed by atoms with Crippen LogP contribution in [0.25, 0.3) is 0 Å². The molecule has 1 atom stereocenters. The van der Waals surface area contributed by atoms with Crippen molar-refractivity contribution < 1.29 is 35.0 Å². The summed E-state index contributed by atoms with van der Waals surface area (Å²) in [5.74, 6) is 0. The standard InChI is InChI=1S/2C3H8O.C3H6.2H2O.Ti/c2*1-3(2)4;1-3-2;;;/h2*3-4H,1-2H3;3H,1H2,2H3;2*1H2;/q;;;;;+2/p-2. The van der Waals surface area contributed by atoms with Crippen LogP contribution in [-0.4, -0.2) is 29.8 Å². The second-order valence-electron chi connectivity index (χ2n) is 4.17. The van der Waals surface area contributed by atoms with E-state index in [2.05, 4.69) is 0 Å². The van der Waals surface area contributed by atoms with Crippen LogP contribution in [0, 0.1) is 0 Å². The van der Waals surface area contributed by atoms with Crippen LogP contribution in [0.2, 0.25) is 8.95 Å². The van der Waals surface area contributed by atoms with Crippen molar-refractivity contribution in [3.63, 3.8) is 0 Å². The molecule has 0 aliphatic carbocycles. The Morgan fingerprint density at radius 2 is 1.07 bits per heavy atom. The van der Waals surface area contributed by atoms with Gasteiger partial charge in [-0.25, -0.2) is 0 Å². The molecule has 1 heterocycles. The van der Waals surface area contributed by atoms with Gasteiger partial charge in [-0.3, -0.25) is 0 Å². The van der Waals surface area contributed by atoms with E-state index in [1.807, 2.05) is 6.92 Å². The molecule has 0 saturated carbocycles. The molecular weight excluding hydrogens is 220 g/mol. The molecule has 1 unspecified atom stereocenters. The van der Waals surface area contributed by atoms with Crippen molar-refractivity contribution in [3.05, 3.63) is 0 Å². The molecule has 1 aliphatic rings. The summed E-state index contributed by atoms with van der Waals surface area (Å²) in [4.78, 5) is 0. The molecule has 0 bridgehead atoms. The van der Waals surface area contributed by atoms with Gasteiger partial charge in [-0.15, -0.1) is 0 Å². The van der Waals surface area contributed by atoms with Crippen molar-refractivity contribution in [2.24, 2.45) is 0 Å². The topological polar surface area (TPSA) is 80.9 Å². The van der Waals surface area contributed by atoms with Crippen molar-refractivity contribution >= 4 is 0 Å². The minimum atomic E-state index is -2.88. The molecule has 1 fully saturated rings. The summed E-state index contributed by atoms with van der Waals surface area (Å²) in [6.07, 6.45) is -0.333.